The van der Waals surface area contributed by atoms with Crippen molar-refractivity contribution in [2.75, 3.05) is 0 Å². The van der Waals surface area contributed by atoms with E-state index in [1.165, 1.54) is 24.3 Å². The van der Waals surface area contributed by atoms with Gasteiger partial charge in [-0.15, -0.1) is 0 Å². The van der Waals surface area contributed by atoms with Crippen molar-refractivity contribution >= 4 is 26.8 Å². The molecule has 0 amide bonds. The van der Waals surface area contributed by atoms with Crippen LogP contribution in [0.25, 0.3) is 10.9 Å². The molecule has 0 aliphatic rings. The smallest absolute Gasteiger partial charge is 0.304 e. The standard InChI is InChI=1S/C16H9BrF4N2O2/c17-10-5-6-11(18)13-12(10)14(24)23(15(25)22-13)7-8-3-1-2-4-9(8)16(19,20)21/h1-6H,7H2,(H,22,25). The number of nitrogens with zero attached hydrogens (tertiary/aromatic N) is 1. The Labute approximate surface area is 145 Å². The van der Waals surface area contributed by atoms with Crippen LogP contribution in [0.15, 0.2) is 50.5 Å². The van der Waals surface area contributed by atoms with Crippen molar-refractivity contribution in [2.45, 2.75) is 12.7 Å². The molecule has 0 bridgehead atoms. The van der Waals surface area contributed by atoms with Gasteiger partial charge in [-0.2, -0.15) is 13.2 Å². The second-order valence-electron chi connectivity index (χ2n) is 5.26. The Kier molecular flexibility index (Phi) is 4.28. The van der Waals surface area contributed by atoms with Gasteiger partial charge in [0.25, 0.3) is 5.56 Å². The van der Waals surface area contributed by atoms with E-state index in [4.69, 9.17) is 0 Å². The van der Waals surface area contributed by atoms with E-state index in [1.54, 1.807) is 0 Å². The molecular formula is C16H9BrF4N2O2. The van der Waals surface area contributed by atoms with Crippen molar-refractivity contribution in [2.24, 2.45) is 0 Å². The quantitative estimate of drug-likeness (QED) is 0.648. The van der Waals surface area contributed by atoms with Gasteiger partial charge in [-0.05, 0) is 39.7 Å². The lowest BCUT2D eigenvalue weighted by molar-refractivity contribution is -0.138. The van der Waals surface area contributed by atoms with Gasteiger partial charge < -0.3 is 4.98 Å². The molecule has 3 aromatic rings. The fourth-order valence-corrected chi connectivity index (χ4v) is 3.03. The summed E-state index contributed by atoms with van der Waals surface area (Å²) in [6.07, 6.45) is -4.63. The highest BCUT2D eigenvalue weighted by atomic mass is 79.9. The van der Waals surface area contributed by atoms with E-state index in [0.717, 1.165) is 12.1 Å². The summed E-state index contributed by atoms with van der Waals surface area (Å²) in [5, 5.41) is -0.149. The summed E-state index contributed by atoms with van der Waals surface area (Å²) < 4.78 is 53.9. The van der Waals surface area contributed by atoms with Gasteiger partial charge >= 0.3 is 11.9 Å². The Morgan fingerprint density at radius 3 is 2.44 bits per heavy atom. The molecular weight excluding hydrogens is 408 g/mol. The van der Waals surface area contributed by atoms with Gasteiger partial charge in [0.05, 0.1) is 23.0 Å². The van der Waals surface area contributed by atoms with Crippen LogP contribution in [-0.4, -0.2) is 9.55 Å². The summed E-state index contributed by atoms with van der Waals surface area (Å²) in [6, 6.07) is 6.98. The van der Waals surface area contributed by atoms with E-state index in [2.05, 4.69) is 20.9 Å². The molecule has 1 heterocycles. The topological polar surface area (TPSA) is 54.9 Å². The third-order valence-electron chi connectivity index (χ3n) is 3.69. The summed E-state index contributed by atoms with van der Waals surface area (Å²) >= 11 is 3.09. The van der Waals surface area contributed by atoms with Crippen LogP contribution in [0.1, 0.15) is 11.1 Å². The van der Waals surface area contributed by atoms with E-state index in [0.29, 0.717) is 4.57 Å². The molecule has 1 N–H and O–H groups in total. The van der Waals surface area contributed by atoms with E-state index >= 15 is 0 Å². The van der Waals surface area contributed by atoms with Crippen LogP contribution in [-0.2, 0) is 12.7 Å². The van der Waals surface area contributed by atoms with Crippen LogP contribution in [0.4, 0.5) is 17.6 Å². The first-order valence-electron chi connectivity index (χ1n) is 6.96. The lowest BCUT2D eigenvalue weighted by atomic mass is 10.1. The Morgan fingerprint density at radius 1 is 1.08 bits per heavy atom. The minimum Gasteiger partial charge on any atom is -0.304 e. The summed E-state index contributed by atoms with van der Waals surface area (Å²) in [4.78, 5) is 26.9. The van der Waals surface area contributed by atoms with Crippen molar-refractivity contribution in [1.82, 2.24) is 9.55 Å². The Balaban J connectivity index is 2.25. The first-order chi connectivity index (χ1) is 11.7. The van der Waals surface area contributed by atoms with Crippen molar-refractivity contribution in [3.8, 4) is 0 Å². The minimum absolute atomic E-state index is 0.149. The molecule has 25 heavy (non-hydrogen) atoms. The molecule has 0 atom stereocenters. The Bertz CT molecular complexity index is 1090. The predicted molar refractivity (Wildman–Crippen MR) is 87.0 cm³/mol. The van der Waals surface area contributed by atoms with Gasteiger partial charge in [0, 0.05) is 4.47 Å². The highest BCUT2D eigenvalue weighted by Crippen LogP contribution is 2.32. The number of H-pyrrole nitrogens is 1. The lowest BCUT2D eigenvalue weighted by Gasteiger charge is -2.14. The predicted octanol–water partition coefficient (Wildman–Crippen LogP) is 3.66. The monoisotopic (exact) mass is 416 g/mol. The van der Waals surface area contributed by atoms with Crippen LogP contribution < -0.4 is 11.2 Å². The normalized spacial score (nSPS) is 11.9. The SMILES string of the molecule is O=c1[nH]c2c(F)ccc(Br)c2c(=O)n1Cc1ccccc1C(F)(F)F. The van der Waals surface area contributed by atoms with Gasteiger partial charge in [-0.3, -0.25) is 9.36 Å². The number of rotatable bonds is 2. The zero-order chi connectivity index (χ0) is 18.4. The van der Waals surface area contributed by atoms with E-state index in [-0.39, 0.29) is 20.9 Å². The molecule has 1 aromatic heterocycles. The van der Waals surface area contributed by atoms with Crippen LogP contribution in [0.5, 0.6) is 0 Å². The highest BCUT2D eigenvalue weighted by molar-refractivity contribution is 9.10. The minimum atomic E-state index is -4.63. The molecule has 0 saturated heterocycles. The van der Waals surface area contributed by atoms with Crippen molar-refractivity contribution in [3.05, 3.63) is 78.7 Å². The Morgan fingerprint density at radius 2 is 1.76 bits per heavy atom. The number of hydrogen-bond acceptors (Lipinski definition) is 2. The zero-order valence-corrected chi connectivity index (χ0v) is 13.9. The average Bonchev–Trinajstić information content (AvgIpc) is 2.54. The van der Waals surface area contributed by atoms with Gasteiger partial charge in [0.2, 0.25) is 0 Å². The number of fused-ring (bicyclic) bond motifs is 1. The van der Waals surface area contributed by atoms with Gasteiger partial charge in [0.1, 0.15) is 5.82 Å². The molecule has 0 unspecified atom stereocenters. The van der Waals surface area contributed by atoms with Crippen molar-refractivity contribution in [1.29, 1.82) is 0 Å². The number of alkyl halides is 3. The third-order valence-corrected chi connectivity index (χ3v) is 4.35. The summed E-state index contributed by atoms with van der Waals surface area (Å²) in [7, 11) is 0. The van der Waals surface area contributed by atoms with E-state index in [1.807, 2.05) is 0 Å². The van der Waals surface area contributed by atoms with Crippen LogP contribution in [0, 0.1) is 5.82 Å². The molecule has 3 rings (SSSR count). The second-order valence-corrected chi connectivity index (χ2v) is 6.11. The maximum Gasteiger partial charge on any atom is 0.416 e. The van der Waals surface area contributed by atoms with Crippen LogP contribution >= 0.6 is 15.9 Å². The van der Waals surface area contributed by atoms with E-state index < -0.39 is 35.4 Å². The first-order valence-corrected chi connectivity index (χ1v) is 7.75. The molecule has 9 heteroatoms. The molecule has 0 fully saturated rings. The second kappa shape index (κ2) is 6.14. The highest BCUT2D eigenvalue weighted by Gasteiger charge is 2.33. The molecule has 0 spiro atoms. The molecule has 4 nitrogen and oxygen atoms in total. The number of hydrogen-bond donors (Lipinski definition) is 1. The van der Waals surface area contributed by atoms with Gasteiger partial charge in [-0.25, -0.2) is 9.18 Å². The van der Waals surface area contributed by atoms with Crippen LogP contribution in [0.2, 0.25) is 0 Å². The maximum absolute atomic E-state index is 13.8. The fraction of sp³-hybridized carbons (Fsp3) is 0.125. The maximum atomic E-state index is 13.8. The van der Waals surface area contributed by atoms with Crippen LogP contribution in [0.3, 0.4) is 0 Å². The molecule has 2 aromatic carbocycles. The van der Waals surface area contributed by atoms with Crippen molar-refractivity contribution < 1.29 is 17.6 Å². The molecule has 130 valence electrons. The number of nitrogens with one attached hydrogen (secondary N) is 1. The zero-order valence-electron chi connectivity index (χ0n) is 12.3. The van der Waals surface area contributed by atoms with Gasteiger partial charge in [0.15, 0.2) is 0 Å². The largest absolute Gasteiger partial charge is 0.416 e. The molecule has 0 radical (unpaired) electrons. The van der Waals surface area contributed by atoms with Gasteiger partial charge in [-0.1, -0.05) is 18.2 Å². The number of aromatic nitrogens is 2. The lowest BCUT2D eigenvalue weighted by Crippen LogP contribution is -2.36. The number of benzene rings is 2. The number of halogens is 5. The summed E-state index contributed by atoms with van der Waals surface area (Å²) in [6.45, 7) is -0.595. The third kappa shape index (κ3) is 3.11. The molecule has 0 aliphatic heterocycles. The molecule has 0 saturated carbocycles. The summed E-state index contributed by atoms with van der Waals surface area (Å²) in [5.41, 5.74) is -3.37. The number of aromatic amines is 1. The summed E-state index contributed by atoms with van der Waals surface area (Å²) in [5.74, 6) is -0.810. The average molecular weight is 417 g/mol. The van der Waals surface area contributed by atoms with Crippen molar-refractivity contribution in [3.63, 3.8) is 0 Å². The van der Waals surface area contributed by atoms with E-state index in [9.17, 15) is 27.2 Å². The molecule has 0 aliphatic carbocycles. The fourth-order valence-electron chi connectivity index (χ4n) is 2.53. The first kappa shape index (κ1) is 17.4. The Hall–Kier alpha value is -2.42.